The Morgan fingerprint density at radius 1 is 1.06 bits per heavy atom. The SMILES string of the molecule is C[C@H](C(=O)NC1CCCC1)N(Cc1cccc(Cl)c1)C(=O)CCCN(c1ccc(Cl)cc1)S(C)(=O)=O. The minimum atomic E-state index is -3.56. The Kier molecular flexibility index (Phi) is 10.0. The van der Waals surface area contributed by atoms with Crippen LogP contribution in [0.4, 0.5) is 5.69 Å². The van der Waals surface area contributed by atoms with Crippen molar-refractivity contribution in [2.45, 2.75) is 64.1 Å². The summed E-state index contributed by atoms with van der Waals surface area (Å²) in [6.07, 6.45) is 5.59. The summed E-state index contributed by atoms with van der Waals surface area (Å²) in [5.74, 6) is -0.412. The Balaban J connectivity index is 1.71. The highest BCUT2D eigenvalue weighted by molar-refractivity contribution is 7.92. The number of amides is 2. The molecule has 0 aromatic heterocycles. The molecule has 36 heavy (non-hydrogen) atoms. The third-order valence-electron chi connectivity index (χ3n) is 6.38. The molecule has 1 aliphatic rings. The van der Waals surface area contributed by atoms with Crippen LogP contribution in [0.2, 0.25) is 10.0 Å². The number of nitrogens with one attached hydrogen (secondary N) is 1. The Morgan fingerprint density at radius 3 is 2.33 bits per heavy atom. The van der Waals surface area contributed by atoms with E-state index in [1.54, 1.807) is 54.3 Å². The molecular formula is C26H33Cl2N3O4S. The maximum atomic E-state index is 13.4. The first-order chi connectivity index (χ1) is 17.0. The van der Waals surface area contributed by atoms with Gasteiger partial charge in [0.2, 0.25) is 21.8 Å². The van der Waals surface area contributed by atoms with Crippen LogP contribution in [0.3, 0.4) is 0 Å². The number of carbonyl (C=O) groups excluding carboxylic acids is 2. The van der Waals surface area contributed by atoms with Crippen LogP contribution in [0, 0.1) is 0 Å². The molecule has 2 aromatic carbocycles. The third-order valence-corrected chi connectivity index (χ3v) is 8.06. The van der Waals surface area contributed by atoms with Gasteiger partial charge in [-0.2, -0.15) is 0 Å². The van der Waals surface area contributed by atoms with E-state index < -0.39 is 16.1 Å². The van der Waals surface area contributed by atoms with Gasteiger partial charge in [-0.05, 0) is 68.1 Å². The highest BCUT2D eigenvalue weighted by atomic mass is 35.5. The van der Waals surface area contributed by atoms with Crippen molar-refractivity contribution < 1.29 is 18.0 Å². The molecule has 0 aliphatic heterocycles. The van der Waals surface area contributed by atoms with Crippen LogP contribution >= 0.6 is 23.2 Å². The van der Waals surface area contributed by atoms with Crippen molar-refractivity contribution in [2.24, 2.45) is 0 Å². The Labute approximate surface area is 223 Å². The molecule has 1 saturated carbocycles. The average Bonchev–Trinajstić information content (AvgIpc) is 3.33. The highest BCUT2D eigenvalue weighted by Crippen LogP contribution is 2.22. The van der Waals surface area contributed by atoms with E-state index in [0.29, 0.717) is 15.7 Å². The normalized spacial score (nSPS) is 14.9. The molecule has 10 heteroatoms. The standard InChI is InChI=1S/C26H33Cl2N3O4S/c1-19(26(33)29-23-9-3-4-10-23)30(18-20-7-5-8-22(28)17-20)25(32)11-6-16-31(36(2,34)35)24-14-12-21(27)13-15-24/h5,7-8,12-15,17,19,23H,3-4,6,9-11,16,18H2,1-2H3,(H,29,33)/t19-/m1/s1. The first-order valence-corrected chi connectivity index (χ1v) is 14.7. The van der Waals surface area contributed by atoms with E-state index in [1.165, 1.54) is 4.31 Å². The van der Waals surface area contributed by atoms with Crippen molar-refractivity contribution in [3.05, 3.63) is 64.1 Å². The van der Waals surface area contributed by atoms with Crippen molar-refractivity contribution in [1.82, 2.24) is 10.2 Å². The van der Waals surface area contributed by atoms with E-state index in [0.717, 1.165) is 37.5 Å². The summed E-state index contributed by atoms with van der Waals surface area (Å²) in [4.78, 5) is 27.9. The lowest BCUT2D eigenvalue weighted by molar-refractivity contribution is -0.141. The summed E-state index contributed by atoms with van der Waals surface area (Å²) in [6, 6.07) is 13.2. The predicted octanol–water partition coefficient (Wildman–Crippen LogP) is 5.02. The number of anilines is 1. The van der Waals surface area contributed by atoms with Crippen molar-refractivity contribution >= 4 is 50.7 Å². The zero-order valence-electron chi connectivity index (χ0n) is 20.6. The molecule has 0 heterocycles. The van der Waals surface area contributed by atoms with E-state index in [4.69, 9.17) is 23.2 Å². The first kappa shape index (κ1) is 28.3. The summed E-state index contributed by atoms with van der Waals surface area (Å²) in [5.41, 5.74) is 1.30. The highest BCUT2D eigenvalue weighted by Gasteiger charge is 2.28. The Morgan fingerprint density at radius 2 is 1.72 bits per heavy atom. The molecule has 0 spiro atoms. The van der Waals surface area contributed by atoms with Crippen LogP contribution in [0.25, 0.3) is 0 Å². The molecule has 0 unspecified atom stereocenters. The summed E-state index contributed by atoms with van der Waals surface area (Å²) >= 11 is 12.1. The van der Waals surface area contributed by atoms with Crippen molar-refractivity contribution in [3.63, 3.8) is 0 Å². The number of hydrogen-bond acceptors (Lipinski definition) is 4. The summed E-state index contributed by atoms with van der Waals surface area (Å²) in [7, 11) is -3.56. The fourth-order valence-corrected chi connectivity index (χ4v) is 5.72. The van der Waals surface area contributed by atoms with Gasteiger partial charge < -0.3 is 10.2 Å². The smallest absolute Gasteiger partial charge is 0.242 e. The van der Waals surface area contributed by atoms with Crippen molar-refractivity contribution in [3.8, 4) is 0 Å². The van der Waals surface area contributed by atoms with Gasteiger partial charge in [0.15, 0.2) is 0 Å². The number of halogens is 2. The lowest BCUT2D eigenvalue weighted by Crippen LogP contribution is -2.49. The lowest BCUT2D eigenvalue weighted by Gasteiger charge is -2.30. The summed E-state index contributed by atoms with van der Waals surface area (Å²) in [5, 5.41) is 4.13. The predicted molar refractivity (Wildman–Crippen MR) is 145 cm³/mol. The number of nitrogens with zero attached hydrogens (tertiary/aromatic N) is 2. The van der Waals surface area contributed by atoms with E-state index in [2.05, 4.69) is 5.32 Å². The van der Waals surface area contributed by atoms with Crippen molar-refractivity contribution in [2.75, 3.05) is 17.1 Å². The van der Waals surface area contributed by atoms with E-state index in [-0.39, 0.29) is 43.8 Å². The molecule has 1 aliphatic carbocycles. The second-order valence-electron chi connectivity index (χ2n) is 9.23. The van der Waals surface area contributed by atoms with Gasteiger partial charge in [0.05, 0.1) is 11.9 Å². The minimum Gasteiger partial charge on any atom is -0.352 e. The number of rotatable bonds is 11. The van der Waals surface area contributed by atoms with E-state index in [9.17, 15) is 18.0 Å². The largest absolute Gasteiger partial charge is 0.352 e. The Hall–Kier alpha value is -2.29. The van der Waals surface area contributed by atoms with Gasteiger partial charge in [0.25, 0.3) is 0 Å². The quantitative estimate of drug-likeness (QED) is 0.423. The molecule has 0 radical (unpaired) electrons. The maximum Gasteiger partial charge on any atom is 0.242 e. The van der Waals surface area contributed by atoms with Crippen LogP contribution in [-0.4, -0.2) is 50.0 Å². The molecular weight excluding hydrogens is 521 g/mol. The third kappa shape index (κ3) is 8.11. The molecule has 196 valence electrons. The molecule has 1 N–H and O–H groups in total. The second kappa shape index (κ2) is 12.8. The van der Waals surface area contributed by atoms with Gasteiger partial charge in [-0.3, -0.25) is 13.9 Å². The van der Waals surface area contributed by atoms with E-state index >= 15 is 0 Å². The average molecular weight is 555 g/mol. The van der Waals surface area contributed by atoms with Gasteiger partial charge in [0.1, 0.15) is 6.04 Å². The minimum absolute atomic E-state index is 0.0845. The monoisotopic (exact) mass is 553 g/mol. The molecule has 0 bridgehead atoms. The van der Waals surface area contributed by atoms with Crippen LogP contribution < -0.4 is 9.62 Å². The van der Waals surface area contributed by atoms with Crippen LogP contribution in [-0.2, 0) is 26.2 Å². The number of sulfonamides is 1. The lowest BCUT2D eigenvalue weighted by atomic mass is 10.1. The molecule has 1 fully saturated rings. The van der Waals surface area contributed by atoms with Crippen LogP contribution in [0.5, 0.6) is 0 Å². The van der Waals surface area contributed by atoms with Gasteiger partial charge >= 0.3 is 0 Å². The topological polar surface area (TPSA) is 86.8 Å². The number of hydrogen-bond donors (Lipinski definition) is 1. The van der Waals surface area contributed by atoms with Crippen molar-refractivity contribution in [1.29, 1.82) is 0 Å². The van der Waals surface area contributed by atoms with Crippen LogP contribution in [0.15, 0.2) is 48.5 Å². The van der Waals surface area contributed by atoms with Crippen LogP contribution in [0.1, 0.15) is 51.0 Å². The fraction of sp³-hybridized carbons (Fsp3) is 0.462. The van der Waals surface area contributed by atoms with E-state index in [1.807, 2.05) is 6.07 Å². The summed E-state index contributed by atoms with van der Waals surface area (Å²) in [6.45, 7) is 2.08. The van der Waals surface area contributed by atoms with Gasteiger partial charge in [-0.25, -0.2) is 8.42 Å². The fourth-order valence-electron chi connectivity index (χ4n) is 4.42. The van der Waals surface area contributed by atoms with Gasteiger partial charge in [-0.15, -0.1) is 0 Å². The molecule has 2 aromatic rings. The maximum absolute atomic E-state index is 13.4. The zero-order valence-corrected chi connectivity index (χ0v) is 23.0. The number of benzene rings is 2. The zero-order chi connectivity index (χ0) is 26.3. The second-order valence-corrected chi connectivity index (χ2v) is 12.0. The summed E-state index contributed by atoms with van der Waals surface area (Å²) < 4.78 is 26.0. The first-order valence-electron chi connectivity index (χ1n) is 12.1. The molecule has 2 amide bonds. The molecule has 3 rings (SSSR count). The molecule has 0 saturated heterocycles. The molecule has 7 nitrogen and oxygen atoms in total. The van der Waals surface area contributed by atoms with Gasteiger partial charge in [0, 0.05) is 35.6 Å². The number of carbonyl (C=O) groups is 2. The van der Waals surface area contributed by atoms with Gasteiger partial charge in [-0.1, -0.05) is 48.2 Å². The molecule has 1 atom stereocenters. The Bertz CT molecular complexity index is 1150.